The van der Waals surface area contributed by atoms with E-state index in [0.717, 1.165) is 18.3 Å². The van der Waals surface area contributed by atoms with Gasteiger partial charge in [0.1, 0.15) is 0 Å². The summed E-state index contributed by atoms with van der Waals surface area (Å²) in [7, 11) is 0. The molecule has 0 unspecified atom stereocenters. The zero-order valence-corrected chi connectivity index (χ0v) is 8.71. The van der Waals surface area contributed by atoms with E-state index in [1.165, 1.54) is 38.5 Å². The van der Waals surface area contributed by atoms with Gasteiger partial charge in [-0.1, -0.05) is 19.8 Å². The summed E-state index contributed by atoms with van der Waals surface area (Å²) in [4.78, 5) is 0. The predicted molar refractivity (Wildman–Crippen MR) is 54.5 cm³/mol. The van der Waals surface area contributed by atoms with Gasteiger partial charge in [0.25, 0.3) is 0 Å². The summed E-state index contributed by atoms with van der Waals surface area (Å²) < 4.78 is 0. The van der Waals surface area contributed by atoms with Gasteiger partial charge in [0.05, 0.1) is 6.10 Å². The van der Waals surface area contributed by atoms with Gasteiger partial charge >= 0.3 is 0 Å². The van der Waals surface area contributed by atoms with Crippen molar-refractivity contribution in [2.75, 3.05) is 0 Å². The van der Waals surface area contributed by atoms with E-state index >= 15 is 0 Å². The highest BCUT2D eigenvalue weighted by atomic mass is 16.3. The van der Waals surface area contributed by atoms with Gasteiger partial charge in [0.2, 0.25) is 0 Å². The van der Waals surface area contributed by atoms with Gasteiger partial charge in [-0.05, 0) is 49.9 Å². The smallest absolute Gasteiger partial charge is 0.0568 e. The molecule has 2 aliphatic carbocycles. The van der Waals surface area contributed by atoms with Crippen LogP contribution in [0, 0.1) is 17.8 Å². The van der Waals surface area contributed by atoms with Crippen LogP contribution < -0.4 is 0 Å². The third kappa shape index (κ3) is 2.25. The summed E-state index contributed by atoms with van der Waals surface area (Å²) >= 11 is 0. The second kappa shape index (κ2) is 4.00. The average Bonchev–Trinajstić information content (AvgIpc) is 2.06. The molecule has 2 atom stereocenters. The quantitative estimate of drug-likeness (QED) is 0.696. The fourth-order valence-electron chi connectivity index (χ4n) is 3.15. The topological polar surface area (TPSA) is 20.2 Å². The standard InChI is InChI=1S/C12H22O/c1-9-6-10(7-9)8-11-4-2-3-5-12(11)13/h9-13H,2-8H2,1H3/t9?,10?,11-,12+/m0/s1. The zero-order valence-electron chi connectivity index (χ0n) is 8.71. The van der Waals surface area contributed by atoms with E-state index in [1.807, 2.05) is 0 Å². The van der Waals surface area contributed by atoms with Crippen LogP contribution in [0.15, 0.2) is 0 Å². The minimum absolute atomic E-state index is 0.0321. The SMILES string of the molecule is CC1CC(C[C@@H]2CCCC[C@H]2O)C1. The summed E-state index contributed by atoms with van der Waals surface area (Å²) in [6, 6.07) is 0. The van der Waals surface area contributed by atoms with Crippen LogP contribution in [-0.4, -0.2) is 11.2 Å². The van der Waals surface area contributed by atoms with Crippen LogP contribution in [0.4, 0.5) is 0 Å². The van der Waals surface area contributed by atoms with Crippen LogP contribution in [-0.2, 0) is 0 Å². The Morgan fingerprint density at radius 1 is 1.15 bits per heavy atom. The highest BCUT2D eigenvalue weighted by molar-refractivity contribution is 4.82. The second-order valence-electron chi connectivity index (χ2n) is 5.29. The number of aliphatic hydroxyl groups is 1. The molecule has 1 nitrogen and oxygen atoms in total. The van der Waals surface area contributed by atoms with Crippen molar-refractivity contribution in [3.05, 3.63) is 0 Å². The van der Waals surface area contributed by atoms with E-state index in [0.29, 0.717) is 5.92 Å². The summed E-state index contributed by atoms with van der Waals surface area (Å²) in [5.74, 6) is 2.56. The monoisotopic (exact) mass is 182 g/mol. The first-order chi connectivity index (χ1) is 6.25. The molecule has 0 spiro atoms. The fraction of sp³-hybridized carbons (Fsp3) is 1.00. The highest BCUT2D eigenvalue weighted by Crippen LogP contribution is 2.40. The van der Waals surface area contributed by atoms with Crippen molar-refractivity contribution in [2.24, 2.45) is 17.8 Å². The molecule has 0 saturated heterocycles. The molecule has 2 rings (SSSR count). The van der Waals surface area contributed by atoms with Gasteiger partial charge in [-0.3, -0.25) is 0 Å². The van der Waals surface area contributed by atoms with E-state index in [4.69, 9.17) is 0 Å². The lowest BCUT2D eigenvalue weighted by Crippen LogP contribution is -2.30. The Balaban J connectivity index is 1.73. The Hall–Kier alpha value is -0.0400. The molecule has 0 bridgehead atoms. The van der Waals surface area contributed by atoms with Gasteiger partial charge in [-0.25, -0.2) is 0 Å². The summed E-state index contributed by atoms with van der Waals surface area (Å²) in [5.41, 5.74) is 0. The van der Waals surface area contributed by atoms with Crippen LogP contribution in [0.5, 0.6) is 0 Å². The van der Waals surface area contributed by atoms with Crippen molar-refractivity contribution < 1.29 is 5.11 Å². The van der Waals surface area contributed by atoms with Crippen molar-refractivity contribution in [2.45, 2.75) is 58.0 Å². The van der Waals surface area contributed by atoms with Crippen molar-refractivity contribution in [1.82, 2.24) is 0 Å². The number of hydrogen-bond acceptors (Lipinski definition) is 1. The second-order valence-corrected chi connectivity index (χ2v) is 5.29. The van der Waals surface area contributed by atoms with Crippen LogP contribution >= 0.6 is 0 Å². The van der Waals surface area contributed by atoms with Crippen LogP contribution in [0.3, 0.4) is 0 Å². The molecule has 1 heteroatoms. The minimum atomic E-state index is 0.0321. The molecule has 1 N–H and O–H groups in total. The lowest BCUT2D eigenvalue weighted by molar-refractivity contribution is 0.0391. The van der Waals surface area contributed by atoms with Crippen LogP contribution in [0.1, 0.15) is 51.9 Å². The molecular formula is C12H22O. The molecule has 0 heterocycles. The lowest BCUT2D eigenvalue weighted by atomic mass is 9.69. The summed E-state index contributed by atoms with van der Waals surface area (Å²) in [5, 5.41) is 9.80. The molecule has 13 heavy (non-hydrogen) atoms. The molecule has 0 amide bonds. The van der Waals surface area contributed by atoms with Gasteiger partial charge in [0.15, 0.2) is 0 Å². The lowest BCUT2D eigenvalue weighted by Gasteiger charge is -2.38. The van der Waals surface area contributed by atoms with Gasteiger partial charge in [-0.2, -0.15) is 0 Å². The van der Waals surface area contributed by atoms with Gasteiger partial charge < -0.3 is 5.11 Å². The molecule has 2 aliphatic rings. The van der Waals surface area contributed by atoms with Crippen molar-refractivity contribution in [3.63, 3.8) is 0 Å². The summed E-state index contributed by atoms with van der Waals surface area (Å²) in [6.45, 7) is 2.34. The highest BCUT2D eigenvalue weighted by Gasteiger charge is 2.31. The molecule has 0 aliphatic heterocycles. The first-order valence-corrected chi connectivity index (χ1v) is 5.93. The Bertz CT molecular complexity index is 161. The number of rotatable bonds is 2. The first-order valence-electron chi connectivity index (χ1n) is 5.93. The van der Waals surface area contributed by atoms with Gasteiger partial charge in [-0.15, -0.1) is 0 Å². The number of hydrogen-bond donors (Lipinski definition) is 1. The van der Waals surface area contributed by atoms with Crippen LogP contribution in [0.25, 0.3) is 0 Å². The molecule has 2 fully saturated rings. The van der Waals surface area contributed by atoms with Crippen LogP contribution in [0.2, 0.25) is 0 Å². The fourth-order valence-corrected chi connectivity index (χ4v) is 3.15. The van der Waals surface area contributed by atoms with E-state index in [-0.39, 0.29) is 6.10 Å². The number of aliphatic hydroxyl groups excluding tert-OH is 1. The van der Waals surface area contributed by atoms with Crippen molar-refractivity contribution in [1.29, 1.82) is 0 Å². The zero-order chi connectivity index (χ0) is 9.26. The minimum Gasteiger partial charge on any atom is -0.393 e. The van der Waals surface area contributed by atoms with E-state index in [2.05, 4.69) is 6.92 Å². The Morgan fingerprint density at radius 3 is 2.46 bits per heavy atom. The molecule has 0 aromatic carbocycles. The Kier molecular flexibility index (Phi) is 2.92. The Labute approximate surface area is 81.5 Å². The maximum absolute atomic E-state index is 9.80. The third-order valence-corrected chi connectivity index (χ3v) is 3.98. The molecule has 2 saturated carbocycles. The molecule has 0 aromatic rings. The Morgan fingerprint density at radius 2 is 1.85 bits per heavy atom. The summed E-state index contributed by atoms with van der Waals surface area (Å²) in [6.07, 6.45) is 9.13. The first kappa shape index (κ1) is 9.51. The molecule has 0 aromatic heterocycles. The van der Waals surface area contributed by atoms with Crippen molar-refractivity contribution >= 4 is 0 Å². The maximum Gasteiger partial charge on any atom is 0.0568 e. The third-order valence-electron chi connectivity index (χ3n) is 3.98. The molecule has 0 radical (unpaired) electrons. The molecular weight excluding hydrogens is 160 g/mol. The van der Waals surface area contributed by atoms with E-state index in [9.17, 15) is 5.11 Å². The predicted octanol–water partition coefficient (Wildman–Crippen LogP) is 2.97. The van der Waals surface area contributed by atoms with E-state index < -0.39 is 0 Å². The van der Waals surface area contributed by atoms with Gasteiger partial charge in [0, 0.05) is 0 Å². The average molecular weight is 182 g/mol. The molecule has 76 valence electrons. The maximum atomic E-state index is 9.80. The van der Waals surface area contributed by atoms with E-state index in [1.54, 1.807) is 0 Å². The van der Waals surface area contributed by atoms with Crippen molar-refractivity contribution in [3.8, 4) is 0 Å². The largest absolute Gasteiger partial charge is 0.393 e. The normalized spacial score (nSPS) is 45.7.